The van der Waals surface area contributed by atoms with Gasteiger partial charge in [0.1, 0.15) is 0 Å². The van der Waals surface area contributed by atoms with Crippen molar-refractivity contribution >= 4 is 15.9 Å². The minimum absolute atomic E-state index is 0.733. The van der Waals surface area contributed by atoms with Crippen molar-refractivity contribution in [2.75, 3.05) is 33.2 Å². The van der Waals surface area contributed by atoms with Gasteiger partial charge in [0.2, 0.25) is 0 Å². The highest BCUT2D eigenvalue weighted by Crippen LogP contribution is 2.12. The molecule has 0 radical (unpaired) electrons. The highest BCUT2D eigenvalue weighted by molar-refractivity contribution is 9.10. The maximum Gasteiger partial charge on any atom is 0.0178 e. The van der Waals surface area contributed by atoms with Crippen LogP contribution in [0.5, 0.6) is 0 Å². The predicted octanol–water partition coefficient (Wildman–Crippen LogP) is 3.17. The first-order chi connectivity index (χ1) is 8.58. The van der Waals surface area contributed by atoms with Gasteiger partial charge in [0.05, 0.1) is 0 Å². The molecule has 1 rings (SSSR count). The number of benzene rings is 1. The summed E-state index contributed by atoms with van der Waals surface area (Å²) in [7, 11) is 2.19. The van der Waals surface area contributed by atoms with E-state index in [-0.39, 0.29) is 0 Å². The predicted molar refractivity (Wildman–Crippen MR) is 83.1 cm³/mol. The molecule has 0 spiro atoms. The maximum atomic E-state index is 3.51. The molecule has 0 aliphatic heterocycles. The Morgan fingerprint density at radius 1 is 1.28 bits per heavy atom. The Kier molecular flexibility index (Phi) is 7.56. The number of hydrogen-bond acceptors (Lipinski definition) is 2. The molecule has 102 valence electrons. The topological polar surface area (TPSA) is 15.3 Å². The van der Waals surface area contributed by atoms with Gasteiger partial charge in [-0.2, -0.15) is 0 Å². The summed E-state index contributed by atoms with van der Waals surface area (Å²) in [5, 5.41) is 3.47. The zero-order valence-corrected chi connectivity index (χ0v) is 13.3. The van der Waals surface area contributed by atoms with Crippen molar-refractivity contribution in [2.45, 2.75) is 20.3 Å². The molecule has 0 aliphatic carbocycles. The molecule has 0 bridgehead atoms. The fourth-order valence-electron chi connectivity index (χ4n) is 1.78. The fraction of sp³-hybridized carbons (Fsp3) is 0.600. The molecule has 0 saturated carbocycles. The first kappa shape index (κ1) is 15.7. The summed E-state index contributed by atoms with van der Waals surface area (Å²) in [6, 6.07) is 8.56. The molecule has 0 aliphatic rings. The van der Waals surface area contributed by atoms with Crippen LogP contribution in [0.2, 0.25) is 0 Å². The first-order valence-corrected chi connectivity index (χ1v) is 7.51. The minimum Gasteiger partial charge on any atom is -0.315 e. The van der Waals surface area contributed by atoms with E-state index in [0.29, 0.717) is 0 Å². The second-order valence-corrected chi connectivity index (χ2v) is 6.20. The summed E-state index contributed by atoms with van der Waals surface area (Å²) in [4.78, 5) is 2.38. The number of likely N-dealkylation sites (N-methyl/N-ethyl adjacent to an activating group) is 1. The number of nitrogens with zero attached hydrogens (tertiary/aromatic N) is 1. The number of halogens is 1. The molecule has 1 aromatic rings. The van der Waals surface area contributed by atoms with Crippen LogP contribution in [0.15, 0.2) is 28.7 Å². The quantitative estimate of drug-likeness (QED) is 0.742. The molecular formula is C15H25BrN2. The smallest absolute Gasteiger partial charge is 0.0178 e. The molecule has 0 fully saturated rings. The van der Waals surface area contributed by atoms with Crippen LogP contribution >= 0.6 is 15.9 Å². The summed E-state index contributed by atoms with van der Waals surface area (Å²) in [6.45, 7) is 8.89. The van der Waals surface area contributed by atoms with Crippen LogP contribution < -0.4 is 5.32 Å². The zero-order chi connectivity index (χ0) is 13.4. The van der Waals surface area contributed by atoms with Gasteiger partial charge in [-0.1, -0.05) is 41.9 Å². The van der Waals surface area contributed by atoms with Crippen LogP contribution in [-0.4, -0.2) is 38.1 Å². The third-order valence-electron chi connectivity index (χ3n) is 2.89. The Labute approximate surface area is 120 Å². The lowest BCUT2D eigenvalue weighted by Crippen LogP contribution is -2.32. The van der Waals surface area contributed by atoms with Crippen molar-refractivity contribution in [2.24, 2.45) is 5.92 Å². The summed E-state index contributed by atoms with van der Waals surface area (Å²) >= 11 is 3.51. The van der Waals surface area contributed by atoms with Crippen molar-refractivity contribution in [1.82, 2.24) is 10.2 Å². The van der Waals surface area contributed by atoms with Gasteiger partial charge in [-0.05, 0) is 43.6 Å². The molecule has 1 aromatic carbocycles. The van der Waals surface area contributed by atoms with E-state index in [1.54, 1.807) is 0 Å². The van der Waals surface area contributed by atoms with Gasteiger partial charge in [0.15, 0.2) is 0 Å². The second kappa shape index (κ2) is 8.68. The maximum absolute atomic E-state index is 3.51. The van der Waals surface area contributed by atoms with E-state index < -0.39 is 0 Å². The van der Waals surface area contributed by atoms with Crippen molar-refractivity contribution in [3.63, 3.8) is 0 Å². The van der Waals surface area contributed by atoms with Crippen LogP contribution in [0.25, 0.3) is 0 Å². The molecule has 18 heavy (non-hydrogen) atoms. The third-order valence-corrected chi connectivity index (χ3v) is 3.39. The van der Waals surface area contributed by atoms with Crippen LogP contribution in [-0.2, 0) is 6.42 Å². The average Bonchev–Trinajstić information content (AvgIpc) is 2.32. The molecule has 0 unspecified atom stereocenters. The highest BCUT2D eigenvalue weighted by atomic mass is 79.9. The van der Waals surface area contributed by atoms with Crippen molar-refractivity contribution in [1.29, 1.82) is 0 Å². The Morgan fingerprint density at radius 2 is 2.06 bits per heavy atom. The van der Waals surface area contributed by atoms with Crippen LogP contribution in [0.3, 0.4) is 0 Å². The van der Waals surface area contributed by atoms with E-state index in [1.807, 2.05) is 0 Å². The summed E-state index contributed by atoms with van der Waals surface area (Å²) in [5.74, 6) is 0.733. The lowest BCUT2D eigenvalue weighted by molar-refractivity contribution is 0.332. The van der Waals surface area contributed by atoms with E-state index in [9.17, 15) is 0 Å². The lowest BCUT2D eigenvalue weighted by Gasteiger charge is -2.17. The zero-order valence-electron chi connectivity index (χ0n) is 11.7. The molecular weight excluding hydrogens is 288 g/mol. The Morgan fingerprint density at radius 3 is 2.72 bits per heavy atom. The molecule has 3 heteroatoms. The SMILES string of the molecule is CC(C)CNCCN(C)CCc1cccc(Br)c1. The van der Waals surface area contributed by atoms with Gasteiger partial charge in [-0.3, -0.25) is 0 Å². The van der Waals surface area contributed by atoms with E-state index in [0.717, 1.165) is 38.5 Å². The van der Waals surface area contributed by atoms with Crippen LogP contribution in [0, 0.1) is 5.92 Å². The monoisotopic (exact) mass is 312 g/mol. The van der Waals surface area contributed by atoms with E-state index in [2.05, 4.69) is 71.3 Å². The van der Waals surface area contributed by atoms with E-state index in [4.69, 9.17) is 0 Å². The normalized spacial score (nSPS) is 11.4. The lowest BCUT2D eigenvalue weighted by atomic mass is 10.1. The fourth-order valence-corrected chi connectivity index (χ4v) is 2.23. The molecule has 1 N–H and O–H groups in total. The van der Waals surface area contributed by atoms with Crippen LogP contribution in [0.1, 0.15) is 19.4 Å². The van der Waals surface area contributed by atoms with Gasteiger partial charge in [-0.15, -0.1) is 0 Å². The Hall–Kier alpha value is -0.380. The molecule has 0 aromatic heterocycles. The first-order valence-electron chi connectivity index (χ1n) is 6.71. The summed E-state index contributed by atoms with van der Waals surface area (Å²) < 4.78 is 1.17. The number of nitrogens with one attached hydrogen (secondary N) is 1. The van der Waals surface area contributed by atoms with Crippen molar-refractivity contribution < 1.29 is 0 Å². The second-order valence-electron chi connectivity index (χ2n) is 5.28. The average molecular weight is 313 g/mol. The molecule has 0 atom stereocenters. The summed E-state index contributed by atoms with van der Waals surface area (Å²) in [6.07, 6.45) is 1.11. The highest BCUT2D eigenvalue weighted by Gasteiger charge is 2.00. The van der Waals surface area contributed by atoms with Gasteiger partial charge >= 0.3 is 0 Å². The summed E-state index contributed by atoms with van der Waals surface area (Å²) in [5.41, 5.74) is 1.39. The standard InChI is InChI=1S/C15H25BrN2/c1-13(2)12-17-8-10-18(3)9-7-14-5-4-6-15(16)11-14/h4-6,11,13,17H,7-10,12H2,1-3H3. The Bertz CT molecular complexity index is 339. The minimum atomic E-state index is 0.733. The van der Waals surface area contributed by atoms with Gasteiger partial charge in [0.25, 0.3) is 0 Å². The van der Waals surface area contributed by atoms with E-state index >= 15 is 0 Å². The van der Waals surface area contributed by atoms with Gasteiger partial charge < -0.3 is 10.2 Å². The molecule has 0 heterocycles. The third kappa shape index (κ3) is 7.14. The van der Waals surface area contributed by atoms with Gasteiger partial charge in [0, 0.05) is 24.1 Å². The van der Waals surface area contributed by atoms with Crippen molar-refractivity contribution in [3.8, 4) is 0 Å². The van der Waals surface area contributed by atoms with Crippen LogP contribution in [0.4, 0.5) is 0 Å². The molecule has 0 amide bonds. The molecule has 2 nitrogen and oxygen atoms in total. The van der Waals surface area contributed by atoms with Gasteiger partial charge in [-0.25, -0.2) is 0 Å². The number of rotatable bonds is 8. The van der Waals surface area contributed by atoms with Crippen molar-refractivity contribution in [3.05, 3.63) is 34.3 Å². The largest absolute Gasteiger partial charge is 0.315 e. The number of hydrogen-bond donors (Lipinski definition) is 1. The van der Waals surface area contributed by atoms with E-state index in [1.165, 1.54) is 10.0 Å². The molecule has 0 saturated heterocycles. The Balaban J connectivity index is 2.15.